The molecule has 0 saturated carbocycles. The zero-order valence-corrected chi connectivity index (χ0v) is 39.9. The summed E-state index contributed by atoms with van der Waals surface area (Å²) in [5.74, 6) is -0.474. The largest absolute Gasteiger partial charge is 0.462 e. The van der Waals surface area contributed by atoms with Crippen LogP contribution in [0.25, 0.3) is 0 Å². The summed E-state index contributed by atoms with van der Waals surface area (Å²) in [4.78, 5) is 26.1. The van der Waals surface area contributed by atoms with E-state index in [-0.39, 0.29) is 24.9 Å². The summed E-state index contributed by atoms with van der Waals surface area (Å²) >= 11 is 0. The number of carbonyl (C=O) groups is 2. The summed E-state index contributed by atoms with van der Waals surface area (Å²) in [7, 11) is 0. The minimum Gasteiger partial charge on any atom is -0.462 e. The van der Waals surface area contributed by atoms with E-state index in [9.17, 15) is 19.8 Å². The number of allylic oxidation sites excluding steroid dienone is 2. The van der Waals surface area contributed by atoms with E-state index < -0.39 is 18.2 Å². The van der Waals surface area contributed by atoms with Gasteiger partial charge in [-0.05, 0) is 44.9 Å². The smallest absolute Gasteiger partial charge is 0.306 e. The summed E-state index contributed by atoms with van der Waals surface area (Å²) in [5, 5.41) is 23.7. The van der Waals surface area contributed by atoms with Crippen LogP contribution in [0, 0.1) is 0 Å². The Balaban J connectivity index is 4.40. The van der Waals surface area contributed by atoms with Crippen molar-refractivity contribution in [2.75, 3.05) is 6.61 Å². The van der Waals surface area contributed by atoms with Crippen LogP contribution in [0.1, 0.15) is 290 Å². The van der Waals surface area contributed by atoms with E-state index in [1.807, 2.05) is 0 Å². The molecule has 6 heteroatoms. The highest BCUT2D eigenvalue weighted by atomic mass is 16.5. The van der Waals surface area contributed by atoms with E-state index in [0.717, 1.165) is 64.2 Å². The molecule has 3 unspecified atom stereocenters. The number of rotatable bonds is 48. The van der Waals surface area contributed by atoms with Crippen LogP contribution in [0.15, 0.2) is 12.2 Å². The van der Waals surface area contributed by atoms with E-state index >= 15 is 0 Å². The summed E-state index contributed by atoms with van der Waals surface area (Å²) in [6.07, 6.45) is 52.8. The minimum atomic E-state index is -0.785. The first-order valence-electron chi connectivity index (χ1n) is 26.4. The number of esters is 1. The molecular weight excluding hydrogens is 731 g/mol. The van der Waals surface area contributed by atoms with E-state index in [1.165, 1.54) is 180 Å². The standard InChI is InChI=1S/C53H103NO5/c1-4-7-10-13-16-19-21-23-25-26-27-29-31-34-37-40-43-46-53(58)59-49(44-41-38-35-32-18-15-12-9-6-3)47-52(57)54-50(48-55)51(56)45-42-39-36-33-30-28-24-22-20-17-14-11-8-5-2/h15,18,49-51,55-56H,4-14,16-17,19-48H2,1-3H3,(H,54,57)/b18-15-. The summed E-state index contributed by atoms with van der Waals surface area (Å²) in [5.41, 5.74) is 0. The predicted molar refractivity (Wildman–Crippen MR) is 255 cm³/mol. The maximum absolute atomic E-state index is 13.2. The van der Waals surface area contributed by atoms with Crippen LogP contribution >= 0.6 is 0 Å². The van der Waals surface area contributed by atoms with Gasteiger partial charge in [0.05, 0.1) is 25.2 Å². The first-order chi connectivity index (χ1) is 29.0. The zero-order valence-electron chi connectivity index (χ0n) is 39.9. The second kappa shape index (κ2) is 47.6. The van der Waals surface area contributed by atoms with Crippen LogP contribution in [0.4, 0.5) is 0 Å². The molecule has 6 nitrogen and oxygen atoms in total. The summed E-state index contributed by atoms with van der Waals surface area (Å²) in [6.45, 7) is 6.46. The average molecular weight is 834 g/mol. The van der Waals surface area contributed by atoms with Crippen molar-refractivity contribution < 1.29 is 24.5 Å². The molecule has 59 heavy (non-hydrogen) atoms. The minimum absolute atomic E-state index is 0.0732. The summed E-state index contributed by atoms with van der Waals surface area (Å²) < 4.78 is 5.92. The molecule has 0 aliphatic carbocycles. The van der Waals surface area contributed by atoms with Gasteiger partial charge in [-0.1, -0.05) is 245 Å². The number of hydrogen-bond donors (Lipinski definition) is 3. The van der Waals surface area contributed by atoms with Gasteiger partial charge in [-0.25, -0.2) is 0 Å². The van der Waals surface area contributed by atoms with Crippen LogP contribution in [-0.4, -0.2) is 46.9 Å². The van der Waals surface area contributed by atoms with Gasteiger partial charge in [0.1, 0.15) is 6.10 Å². The van der Waals surface area contributed by atoms with Crippen LogP contribution < -0.4 is 5.32 Å². The molecule has 0 aromatic rings. The lowest BCUT2D eigenvalue weighted by Crippen LogP contribution is -2.46. The first-order valence-corrected chi connectivity index (χ1v) is 26.4. The lowest BCUT2D eigenvalue weighted by molar-refractivity contribution is -0.151. The van der Waals surface area contributed by atoms with Gasteiger partial charge in [0, 0.05) is 6.42 Å². The van der Waals surface area contributed by atoms with E-state index in [2.05, 4.69) is 38.2 Å². The molecule has 0 heterocycles. The molecule has 3 atom stereocenters. The molecule has 0 aliphatic heterocycles. The number of ether oxygens (including phenoxy) is 1. The van der Waals surface area contributed by atoms with Crippen molar-refractivity contribution in [3.63, 3.8) is 0 Å². The van der Waals surface area contributed by atoms with Crippen molar-refractivity contribution >= 4 is 11.9 Å². The maximum atomic E-state index is 13.2. The monoisotopic (exact) mass is 834 g/mol. The van der Waals surface area contributed by atoms with Crippen molar-refractivity contribution in [3.05, 3.63) is 12.2 Å². The van der Waals surface area contributed by atoms with Crippen molar-refractivity contribution in [3.8, 4) is 0 Å². The van der Waals surface area contributed by atoms with Gasteiger partial charge in [-0.15, -0.1) is 0 Å². The molecular formula is C53H103NO5. The lowest BCUT2D eigenvalue weighted by atomic mass is 10.0. The molecule has 0 fully saturated rings. The number of aliphatic hydroxyl groups excluding tert-OH is 2. The van der Waals surface area contributed by atoms with Crippen LogP contribution in [0.3, 0.4) is 0 Å². The van der Waals surface area contributed by atoms with Gasteiger partial charge in [-0.3, -0.25) is 9.59 Å². The van der Waals surface area contributed by atoms with E-state index in [0.29, 0.717) is 19.3 Å². The molecule has 3 N–H and O–H groups in total. The van der Waals surface area contributed by atoms with Gasteiger partial charge < -0.3 is 20.3 Å². The molecule has 0 aromatic heterocycles. The number of unbranched alkanes of at least 4 members (excludes halogenated alkanes) is 34. The Kier molecular flexibility index (Phi) is 46.5. The average Bonchev–Trinajstić information content (AvgIpc) is 3.23. The van der Waals surface area contributed by atoms with E-state index in [4.69, 9.17) is 4.74 Å². The van der Waals surface area contributed by atoms with Gasteiger partial charge in [-0.2, -0.15) is 0 Å². The fourth-order valence-corrected chi connectivity index (χ4v) is 8.30. The fraction of sp³-hybridized carbons (Fsp3) is 0.925. The fourth-order valence-electron chi connectivity index (χ4n) is 8.30. The van der Waals surface area contributed by atoms with Crippen LogP contribution in [-0.2, 0) is 14.3 Å². The van der Waals surface area contributed by atoms with Crippen molar-refractivity contribution in [1.29, 1.82) is 0 Å². The zero-order chi connectivity index (χ0) is 43.1. The molecule has 0 bridgehead atoms. The molecule has 1 amide bonds. The third-order valence-electron chi connectivity index (χ3n) is 12.3. The molecule has 0 aliphatic rings. The third-order valence-corrected chi connectivity index (χ3v) is 12.3. The summed E-state index contributed by atoms with van der Waals surface area (Å²) in [6, 6.07) is -0.699. The van der Waals surface area contributed by atoms with Gasteiger partial charge in [0.25, 0.3) is 0 Å². The highest BCUT2D eigenvalue weighted by molar-refractivity contribution is 5.77. The third kappa shape index (κ3) is 43.1. The van der Waals surface area contributed by atoms with Gasteiger partial charge >= 0.3 is 5.97 Å². The predicted octanol–water partition coefficient (Wildman–Crippen LogP) is 15.7. The molecule has 0 rings (SSSR count). The van der Waals surface area contributed by atoms with Crippen LogP contribution in [0.2, 0.25) is 0 Å². The molecule has 0 spiro atoms. The SMILES string of the molecule is CCCC/C=C\CCCCCC(CC(=O)NC(CO)C(O)CCCCCCCCCCCCCCCC)OC(=O)CCCCCCCCCCCCCCCCCCC. The molecule has 0 aromatic carbocycles. The van der Waals surface area contributed by atoms with Crippen LogP contribution in [0.5, 0.6) is 0 Å². The Bertz CT molecular complexity index is 893. The number of aliphatic hydroxyl groups is 2. The highest BCUT2D eigenvalue weighted by Gasteiger charge is 2.24. The first kappa shape index (κ1) is 57.6. The van der Waals surface area contributed by atoms with Crippen molar-refractivity contribution in [2.24, 2.45) is 0 Å². The molecule has 0 saturated heterocycles. The normalized spacial score (nSPS) is 13.2. The second-order valence-electron chi connectivity index (χ2n) is 18.3. The number of hydrogen-bond acceptors (Lipinski definition) is 5. The second-order valence-corrected chi connectivity index (χ2v) is 18.3. The van der Waals surface area contributed by atoms with E-state index in [1.54, 1.807) is 0 Å². The topological polar surface area (TPSA) is 95.9 Å². The molecule has 350 valence electrons. The Hall–Kier alpha value is -1.40. The Morgan fingerprint density at radius 2 is 0.831 bits per heavy atom. The highest BCUT2D eigenvalue weighted by Crippen LogP contribution is 2.18. The van der Waals surface area contributed by atoms with Crippen molar-refractivity contribution in [1.82, 2.24) is 5.32 Å². The lowest BCUT2D eigenvalue weighted by Gasteiger charge is -2.24. The number of nitrogens with one attached hydrogen (secondary N) is 1. The Morgan fingerprint density at radius 1 is 0.475 bits per heavy atom. The Morgan fingerprint density at radius 3 is 1.25 bits per heavy atom. The quantitative estimate of drug-likeness (QED) is 0.0322. The van der Waals surface area contributed by atoms with Gasteiger partial charge in [0.2, 0.25) is 5.91 Å². The number of carbonyl (C=O) groups excluding carboxylic acids is 2. The maximum Gasteiger partial charge on any atom is 0.306 e. The Labute approximate surface area is 368 Å². The number of amides is 1. The van der Waals surface area contributed by atoms with Gasteiger partial charge in [0.15, 0.2) is 0 Å². The van der Waals surface area contributed by atoms with Crippen molar-refractivity contribution in [2.45, 2.75) is 309 Å². The molecule has 0 radical (unpaired) electrons.